The molecule has 0 aliphatic carbocycles. The maximum Gasteiger partial charge on any atom is 0.260 e. The third-order valence-electron chi connectivity index (χ3n) is 3.70. The van der Waals surface area contributed by atoms with E-state index in [2.05, 4.69) is 10.3 Å². The number of amides is 3. The maximum absolute atomic E-state index is 12.4. The van der Waals surface area contributed by atoms with E-state index >= 15 is 0 Å². The molecule has 1 aromatic heterocycles. The predicted molar refractivity (Wildman–Crippen MR) is 88.0 cm³/mol. The standard InChI is InChI=1S/C15H22N4O3S/c1-15(2,3)13(22)19-6-4-5-9(8-19)12(21)18-14-17-7-10(23-14)11(16)20/h7,9H,4-6,8H2,1-3H3,(H2,16,20)(H,17,18,21)/t9-/m0/s1. The summed E-state index contributed by atoms with van der Waals surface area (Å²) >= 11 is 1.05. The van der Waals surface area contributed by atoms with Crippen molar-refractivity contribution in [3.05, 3.63) is 11.1 Å². The van der Waals surface area contributed by atoms with E-state index in [0.29, 0.717) is 23.1 Å². The molecule has 2 heterocycles. The summed E-state index contributed by atoms with van der Waals surface area (Å²) in [4.78, 5) is 41.8. The summed E-state index contributed by atoms with van der Waals surface area (Å²) in [6, 6.07) is 0. The van der Waals surface area contributed by atoms with Gasteiger partial charge in [-0.25, -0.2) is 4.98 Å². The van der Waals surface area contributed by atoms with Gasteiger partial charge in [-0.05, 0) is 12.8 Å². The number of anilines is 1. The Bertz CT molecular complexity index is 620. The topological polar surface area (TPSA) is 105 Å². The van der Waals surface area contributed by atoms with E-state index in [1.165, 1.54) is 6.20 Å². The first kappa shape index (κ1) is 17.4. The number of nitrogens with two attached hydrogens (primary N) is 1. The summed E-state index contributed by atoms with van der Waals surface area (Å²) in [5, 5.41) is 3.06. The van der Waals surface area contributed by atoms with Crippen LogP contribution >= 0.6 is 11.3 Å². The number of likely N-dealkylation sites (tertiary alicyclic amines) is 1. The van der Waals surface area contributed by atoms with Gasteiger partial charge in [0.05, 0.1) is 12.1 Å². The second kappa shape index (κ2) is 6.66. The molecule has 1 fully saturated rings. The van der Waals surface area contributed by atoms with Crippen LogP contribution in [0.4, 0.5) is 5.13 Å². The van der Waals surface area contributed by atoms with E-state index in [1.807, 2.05) is 20.8 Å². The molecular weight excluding hydrogens is 316 g/mol. The third kappa shape index (κ3) is 4.28. The highest BCUT2D eigenvalue weighted by atomic mass is 32.1. The number of primary amides is 1. The fraction of sp³-hybridized carbons (Fsp3) is 0.600. The summed E-state index contributed by atoms with van der Waals surface area (Å²) in [5.74, 6) is -0.958. The molecule has 1 atom stereocenters. The second-order valence-electron chi connectivity index (χ2n) is 6.72. The van der Waals surface area contributed by atoms with Crippen LogP contribution in [0.3, 0.4) is 0 Å². The van der Waals surface area contributed by atoms with Gasteiger partial charge in [-0.1, -0.05) is 32.1 Å². The molecule has 3 N–H and O–H groups in total. The van der Waals surface area contributed by atoms with Crippen LogP contribution < -0.4 is 11.1 Å². The zero-order chi connectivity index (χ0) is 17.2. The Labute approximate surface area is 139 Å². The van der Waals surface area contributed by atoms with E-state index in [1.54, 1.807) is 4.90 Å². The zero-order valence-electron chi connectivity index (χ0n) is 13.6. The second-order valence-corrected chi connectivity index (χ2v) is 7.75. The Hall–Kier alpha value is -1.96. The Morgan fingerprint density at radius 2 is 2.09 bits per heavy atom. The van der Waals surface area contributed by atoms with Crippen molar-refractivity contribution in [2.24, 2.45) is 17.1 Å². The van der Waals surface area contributed by atoms with Gasteiger partial charge in [-0.2, -0.15) is 0 Å². The van der Waals surface area contributed by atoms with Crippen molar-refractivity contribution in [1.82, 2.24) is 9.88 Å². The summed E-state index contributed by atoms with van der Waals surface area (Å²) < 4.78 is 0. The predicted octanol–water partition coefficient (Wildman–Crippen LogP) is 1.47. The number of rotatable bonds is 3. The van der Waals surface area contributed by atoms with Crippen molar-refractivity contribution in [3.63, 3.8) is 0 Å². The molecule has 1 aromatic rings. The Kier molecular flexibility index (Phi) is 5.03. The fourth-order valence-corrected chi connectivity index (χ4v) is 3.17. The number of nitrogens with one attached hydrogen (secondary N) is 1. The van der Waals surface area contributed by atoms with Crippen molar-refractivity contribution in [3.8, 4) is 0 Å². The molecule has 1 saturated heterocycles. The Morgan fingerprint density at radius 1 is 1.39 bits per heavy atom. The van der Waals surface area contributed by atoms with Gasteiger partial charge in [-0.15, -0.1) is 0 Å². The van der Waals surface area contributed by atoms with Gasteiger partial charge in [0.1, 0.15) is 4.88 Å². The van der Waals surface area contributed by atoms with Crippen LogP contribution in [0, 0.1) is 11.3 Å². The molecule has 0 radical (unpaired) electrons. The number of carbonyl (C=O) groups is 3. The van der Waals surface area contributed by atoms with Gasteiger partial charge in [0.25, 0.3) is 5.91 Å². The first-order chi connectivity index (χ1) is 10.7. The quantitative estimate of drug-likeness (QED) is 0.870. The molecule has 0 unspecified atom stereocenters. The van der Waals surface area contributed by atoms with Gasteiger partial charge in [0.2, 0.25) is 11.8 Å². The lowest BCUT2D eigenvalue weighted by Crippen LogP contribution is -2.47. The molecular formula is C15H22N4O3S. The minimum absolute atomic E-state index is 0.0558. The lowest BCUT2D eigenvalue weighted by atomic mass is 9.91. The fourth-order valence-electron chi connectivity index (χ4n) is 2.50. The molecule has 0 saturated carbocycles. The summed E-state index contributed by atoms with van der Waals surface area (Å²) in [5.41, 5.74) is 4.71. The minimum Gasteiger partial charge on any atom is -0.365 e. The largest absolute Gasteiger partial charge is 0.365 e. The van der Waals surface area contributed by atoms with Crippen LogP contribution in [0.1, 0.15) is 43.3 Å². The molecule has 2 rings (SSSR count). The van der Waals surface area contributed by atoms with Gasteiger partial charge >= 0.3 is 0 Å². The molecule has 3 amide bonds. The highest BCUT2D eigenvalue weighted by Crippen LogP contribution is 2.25. The number of hydrogen-bond acceptors (Lipinski definition) is 5. The van der Waals surface area contributed by atoms with Crippen LogP contribution in [-0.2, 0) is 9.59 Å². The number of hydrogen-bond donors (Lipinski definition) is 2. The molecule has 0 spiro atoms. The van der Waals surface area contributed by atoms with E-state index < -0.39 is 11.3 Å². The average molecular weight is 338 g/mol. The molecule has 0 aromatic carbocycles. The van der Waals surface area contributed by atoms with Crippen LogP contribution in [-0.4, -0.2) is 40.7 Å². The highest BCUT2D eigenvalue weighted by molar-refractivity contribution is 7.17. The number of nitrogens with zero attached hydrogens (tertiary/aromatic N) is 2. The van der Waals surface area contributed by atoms with Crippen LogP contribution in [0.5, 0.6) is 0 Å². The lowest BCUT2D eigenvalue weighted by Gasteiger charge is -2.35. The molecule has 1 aliphatic heterocycles. The first-order valence-corrected chi connectivity index (χ1v) is 8.36. The normalized spacial score (nSPS) is 18.6. The van der Waals surface area contributed by atoms with Crippen molar-refractivity contribution in [2.45, 2.75) is 33.6 Å². The van der Waals surface area contributed by atoms with Crippen molar-refractivity contribution in [2.75, 3.05) is 18.4 Å². The smallest absolute Gasteiger partial charge is 0.260 e. The van der Waals surface area contributed by atoms with E-state index in [-0.39, 0.29) is 17.7 Å². The van der Waals surface area contributed by atoms with Gasteiger partial charge < -0.3 is 16.0 Å². The Balaban J connectivity index is 1.99. The van der Waals surface area contributed by atoms with Gasteiger partial charge in [0, 0.05) is 18.5 Å². The first-order valence-electron chi connectivity index (χ1n) is 7.54. The monoisotopic (exact) mass is 338 g/mol. The Morgan fingerprint density at radius 3 is 2.65 bits per heavy atom. The summed E-state index contributed by atoms with van der Waals surface area (Å²) in [7, 11) is 0. The zero-order valence-corrected chi connectivity index (χ0v) is 14.4. The average Bonchev–Trinajstić information content (AvgIpc) is 2.94. The van der Waals surface area contributed by atoms with Crippen LogP contribution in [0.25, 0.3) is 0 Å². The van der Waals surface area contributed by atoms with Crippen LogP contribution in [0.15, 0.2) is 6.20 Å². The minimum atomic E-state index is -0.567. The number of carbonyl (C=O) groups excluding carboxylic acids is 3. The van der Waals surface area contributed by atoms with Crippen LogP contribution in [0.2, 0.25) is 0 Å². The van der Waals surface area contributed by atoms with E-state index in [0.717, 1.165) is 24.2 Å². The maximum atomic E-state index is 12.4. The SMILES string of the molecule is CC(C)(C)C(=O)N1CCC[C@H](C(=O)Nc2ncc(C(N)=O)s2)C1. The van der Waals surface area contributed by atoms with Crippen molar-refractivity contribution >= 4 is 34.2 Å². The van der Waals surface area contributed by atoms with Crippen molar-refractivity contribution in [1.29, 1.82) is 0 Å². The summed E-state index contributed by atoms with van der Waals surface area (Å²) in [6.07, 6.45) is 2.87. The molecule has 8 heteroatoms. The van der Waals surface area contributed by atoms with E-state index in [4.69, 9.17) is 5.73 Å². The number of piperidine rings is 1. The van der Waals surface area contributed by atoms with Gasteiger partial charge in [-0.3, -0.25) is 14.4 Å². The molecule has 23 heavy (non-hydrogen) atoms. The number of thiazole rings is 1. The molecule has 126 valence electrons. The third-order valence-corrected chi connectivity index (χ3v) is 4.63. The van der Waals surface area contributed by atoms with Gasteiger partial charge in [0.15, 0.2) is 5.13 Å². The van der Waals surface area contributed by atoms with Crippen molar-refractivity contribution < 1.29 is 14.4 Å². The number of aromatic nitrogens is 1. The molecule has 0 bridgehead atoms. The summed E-state index contributed by atoms with van der Waals surface area (Å²) in [6.45, 7) is 6.72. The molecule has 1 aliphatic rings. The molecule has 7 nitrogen and oxygen atoms in total. The highest BCUT2D eigenvalue weighted by Gasteiger charge is 2.33. The van der Waals surface area contributed by atoms with E-state index in [9.17, 15) is 14.4 Å². The lowest BCUT2D eigenvalue weighted by molar-refractivity contribution is -0.142.